The molecule has 13 heteroatoms. The van der Waals surface area contributed by atoms with Crippen molar-refractivity contribution in [2.75, 3.05) is 0 Å². The van der Waals surface area contributed by atoms with Crippen LogP contribution >= 0.6 is 0 Å². The normalized spacial score (nSPS) is 11.1. The van der Waals surface area contributed by atoms with E-state index in [0.29, 0.717) is 55.9 Å². The van der Waals surface area contributed by atoms with Crippen LogP contribution in [0.4, 0.5) is 8.78 Å². The van der Waals surface area contributed by atoms with Gasteiger partial charge in [-0.2, -0.15) is 21.0 Å². The van der Waals surface area contributed by atoms with E-state index < -0.39 is 22.8 Å². The zero-order valence-electron chi connectivity index (χ0n) is 58.0. The third-order valence-corrected chi connectivity index (χ3v) is 20.4. The molecule has 15 aromatic carbocycles. The number of hydrogen-bond donors (Lipinski definition) is 1. The number of hydrogen-bond acceptors (Lipinski definition) is 7. The summed E-state index contributed by atoms with van der Waals surface area (Å²) in [5, 5.41) is 55.4. The molecule has 0 saturated heterocycles. The largest absolute Gasteiger partial charge is 1.00 e. The van der Waals surface area contributed by atoms with Crippen molar-refractivity contribution in [3.05, 3.63) is 337 Å². The van der Waals surface area contributed by atoms with Crippen molar-refractivity contribution in [1.82, 2.24) is 14.1 Å². The van der Waals surface area contributed by atoms with Crippen LogP contribution in [0, 0.1) is 57.0 Å². The van der Waals surface area contributed by atoms with Gasteiger partial charge in [0.2, 0.25) is 0 Å². The first-order valence-electron chi connectivity index (χ1n) is 34.4. The van der Waals surface area contributed by atoms with Crippen molar-refractivity contribution in [3.63, 3.8) is 0 Å². The molecule has 0 unspecified atom stereocenters. The molecule has 0 radical (unpaired) electrons. The summed E-state index contributed by atoms with van der Waals surface area (Å²) >= 11 is 0. The summed E-state index contributed by atoms with van der Waals surface area (Å²) in [5.74, 6) is -1.78. The van der Waals surface area contributed by atoms with Gasteiger partial charge in [0.15, 0.2) is 28.4 Å². The summed E-state index contributed by atoms with van der Waals surface area (Å²) in [6.07, 6.45) is 0. The molecule has 1 N–H and O–H groups in total. The van der Waals surface area contributed by atoms with Crippen LogP contribution in [0.1, 0.15) is 38.5 Å². The summed E-state index contributed by atoms with van der Waals surface area (Å²) in [6.45, 7) is 0. The van der Waals surface area contributed by atoms with Gasteiger partial charge in [-0.1, -0.05) is 264 Å². The van der Waals surface area contributed by atoms with E-state index >= 15 is 0 Å². The van der Waals surface area contributed by atoms with Crippen molar-refractivity contribution in [2.24, 2.45) is 0 Å². The molecule has 0 aliphatic rings. The molecule has 6 aromatic heterocycles. The average Bonchev–Trinajstić information content (AvgIpc) is 1.44. The van der Waals surface area contributed by atoms with Crippen LogP contribution in [0.5, 0.6) is 0 Å². The van der Waals surface area contributed by atoms with Crippen molar-refractivity contribution < 1.29 is 53.0 Å². The number of para-hydroxylation sites is 6. The first-order valence-corrected chi connectivity index (χ1v) is 34.4. The number of rotatable bonds is 6. The van der Waals surface area contributed by atoms with Crippen LogP contribution in [-0.4, -0.2) is 14.1 Å². The number of H-pyrrole nitrogens is 1. The fourth-order valence-electron chi connectivity index (χ4n) is 15.8. The monoisotopic (exact) mass is 1420 g/mol. The third-order valence-electron chi connectivity index (χ3n) is 20.4. The second-order valence-corrected chi connectivity index (χ2v) is 25.9. The first kappa shape index (κ1) is 69.3. The maximum absolute atomic E-state index is 15.0. The Morgan fingerprint density at radius 1 is 0.284 bits per heavy atom. The van der Waals surface area contributed by atoms with Gasteiger partial charge >= 0.3 is 29.6 Å². The summed E-state index contributed by atoms with van der Waals surface area (Å²) in [7, 11) is 0. The summed E-state index contributed by atoms with van der Waals surface area (Å²) < 4.78 is 54.0. The van der Waals surface area contributed by atoms with E-state index in [0.717, 1.165) is 110 Å². The van der Waals surface area contributed by atoms with E-state index in [1.54, 1.807) is 72.8 Å². The van der Waals surface area contributed by atoms with Crippen LogP contribution in [0.3, 0.4) is 0 Å². The van der Waals surface area contributed by atoms with Crippen molar-refractivity contribution in [2.45, 2.75) is 14.9 Å². The topological polar surface area (TPSA) is 160 Å². The van der Waals surface area contributed by atoms with Gasteiger partial charge in [-0.3, -0.25) is 0 Å². The summed E-state index contributed by atoms with van der Waals surface area (Å²) in [5.41, 5.74) is 14.9. The molecular weight excluding hydrogens is 1360 g/mol. The Bertz CT molecular complexity index is 6980. The number of furan rings is 3. The van der Waals surface area contributed by atoms with E-state index in [2.05, 4.69) is 123 Å². The molecule has 512 valence electrons. The zero-order valence-corrected chi connectivity index (χ0v) is 59.0. The summed E-state index contributed by atoms with van der Waals surface area (Å²) in [6, 6.07) is 108. The Labute approximate surface area is 647 Å². The second-order valence-electron chi connectivity index (χ2n) is 25.9. The van der Waals surface area contributed by atoms with Gasteiger partial charge in [0, 0.05) is 92.4 Å². The molecule has 6 heterocycles. The Balaban J connectivity index is 0.000000164. The minimum Gasteiger partial charge on any atom is -1.00 e. The quantitative estimate of drug-likeness (QED) is 0.162. The molecule has 0 spiro atoms. The molecular formula is C96H60F2N7NaO3. The number of halogens is 2. The smallest absolute Gasteiger partial charge is 1.00 e. The van der Waals surface area contributed by atoms with Gasteiger partial charge in [-0.15, -0.1) is 0 Å². The van der Waals surface area contributed by atoms with Crippen LogP contribution in [-0.2, 0) is 0 Å². The molecule has 0 bridgehead atoms. The number of fused-ring (bicyclic) bond motifs is 21. The minimum absolute atomic E-state index is 0. The predicted octanol–water partition coefficient (Wildman–Crippen LogP) is 23.4. The van der Waals surface area contributed by atoms with Gasteiger partial charge in [-0.25, -0.2) is 8.78 Å². The van der Waals surface area contributed by atoms with Crippen LogP contribution in [0.25, 0.3) is 187 Å². The number of nitrogens with zero attached hydrogens (tertiary/aromatic N) is 6. The van der Waals surface area contributed by atoms with Gasteiger partial charge in [0.25, 0.3) is 0 Å². The Morgan fingerprint density at radius 2 is 0.578 bits per heavy atom. The molecule has 0 saturated carbocycles. The maximum Gasteiger partial charge on any atom is 1.00 e. The molecule has 0 aliphatic carbocycles. The van der Waals surface area contributed by atoms with E-state index in [1.807, 2.05) is 146 Å². The van der Waals surface area contributed by atoms with E-state index in [-0.39, 0.29) is 57.0 Å². The molecule has 0 fully saturated rings. The first-order chi connectivity index (χ1) is 52.3. The second kappa shape index (κ2) is 28.1. The molecule has 10 nitrogen and oxygen atoms in total. The number of benzene rings is 15. The van der Waals surface area contributed by atoms with Gasteiger partial charge in [-0.05, 0) is 76.9 Å². The summed E-state index contributed by atoms with van der Waals surface area (Å²) in [4.78, 5) is 3.49. The van der Waals surface area contributed by atoms with Crippen molar-refractivity contribution in [3.8, 4) is 80.2 Å². The van der Waals surface area contributed by atoms with Crippen LogP contribution in [0.15, 0.2) is 317 Å². The fraction of sp³-hybridized carbons (Fsp3) is 0.0208. The molecule has 0 aliphatic heterocycles. The average molecular weight is 1420 g/mol. The van der Waals surface area contributed by atoms with Gasteiger partial charge in [0.1, 0.15) is 41.0 Å². The SMILES string of the molecule is C.C.N#Cc1c(-c2ccccc2)c(-n2c3ccccc3c3ccc4c5ccccc5oc4c32)c(C#N)c(-c2ccccc2)c1-n1c2ccccc2c2ccc3c4ccccc4oc3c21.N#Cc1c(F)c(-c2ccccc2)c(C#N)c(F)c1-c1ccccc1.[H-].[Na+].c1ccc2c(c1)[nH]c1c2ccc2c3ccccc3oc21. The van der Waals surface area contributed by atoms with Crippen molar-refractivity contribution in [1.29, 1.82) is 21.0 Å². The van der Waals surface area contributed by atoms with E-state index in [1.165, 1.54) is 21.5 Å². The van der Waals surface area contributed by atoms with Crippen LogP contribution in [0.2, 0.25) is 0 Å². The fourth-order valence-corrected chi connectivity index (χ4v) is 15.8. The van der Waals surface area contributed by atoms with Gasteiger partial charge in [0.05, 0.1) is 61.2 Å². The number of nitrogens with one attached hydrogen (secondary N) is 1. The van der Waals surface area contributed by atoms with Crippen LogP contribution < -0.4 is 29.6 Å². The third kappa shape index (κ3) is 10.8. The number of nitriles is 4. The molecule has 0 amide bonds. The predicted molar refractivity (Wildman–Crippen MR) is 434 cm³/mol. The molecule has 21 rings (SSSR count). The molecule has 0 atom stereocenters. The van der Waals surface area contributed by atoms with E-state index in [4.69, 9.17) is 13.3 Å². The Kier molecular flexibility index (Phi) is 17.9. The number of aromatic amines is 1. The Hall–Kier alpha value is -14.1. The molecule has 21 aromatic rings. The standard InChI is InChI=1S/C56H30N4O2.C20H10F2N2.C18H11NO.2CH4.Na.H/c57-31-43-49(33-15-3-1-4-16-33)51(59-45-23-11-7-19-35(45)39-27-29-41-37-21-9-13-25-47(37)61-55(41)53(39)59)44(32-58)50(34-17-5-2-6-18-34)52(43)60-46-24-12-8-20-36(46)40-28-30-42-38-22-10-14-26-48(38)62-56(42)54(40)60;21-19-16(12-24)18(14-9-5-2-6-10-14)20(22)15(11-23)17(19)13-7-3-1-4-8-13;1-3-7-15-11(5-1)13-9-10-14-12-6-2-4-8-16(12)20-18(14)17(13)19-15;;;;/h1-30H;1-10H;1-10,19H;2*1H4;;/q;;;;;+1;-1. The number of aromatic nitrogens is 3. The minimum atomic E-state index is -0.888. The van der Waals surface area contributed by atoms with Gasteiger partial charge < -0.3 is 28.8 Å². The zero-order chi connectivity index (χ0) is 71.3. The van der Waals surface area contributed by atoms with E-state index in [9.17, 15) is 29.8 Å². The Morgan fingerprint density at radius 3 is 0.963 bits per heavy atom. The maximum atomic E-state index is 15.0. The molecule has 109 heavy (non-hydrogen) atoms. The van der Waals surface area contributed by atoms with Crippen molar-refractivity contribution >= 4 is 131 Å².